The van der Waals surface area contributed by atoms with E-state index in [-0.39, 0.29) is 32.9 Å². The molecule has 7 aromatic carbocycles. The summed E-state index contributed by atoms with van der Waals surface area (Å²) in [4.78, 5) is 0. The average molecular weight is 985 g/mol. The van der Waals surface area contributed by atoms with Crippen LogP contribution in [0.3, 0.4) is 0 Å². The van der Waals surface area contributed by atoms with Gasteiger partial charge >= 0.3 is 21.1 Å². The number of fused-ring (bicyclic) bond motifs is 9. The SMILES string of the molecule is Cc1nnc2c3[c-]c(C(c4[c-]c5c(cc4)c4ccccc4n5-c4nncn4-c4c(C(C)C)cccc4C(C)C)(c4ccccc4)c4ccccc4)ccc3c3ccccc3n12.[Pt+2]. The van der Waals surface area contributed by atoms with Crippen molar-refractivity contribution in [2.75, 3.05) is 0 Å². The Bertz CT molecular complexity index is 3390. The van der Waals surface area contributed by atoms with Crippen LogP contribution in [0.25, 0.3) is 60.8 Å². The first-order chi connectivity index (χ1) is 29.9. The van der Waals surface area contributed by atoms with E-state index in [2.05, 4.69) is 215 Å². The molecule has 0 fully saturated rings. The summed E-state index contributed by atoms with van der Waals surface area (Å²) >= 11 is 0. The van der Waals surface area contributed by atoms with E-state index in [1.54, 1.807) is 0 Å². The smallest absolute Gasteiger partial charge is 0.320 e. The molecule has 0 saturated heterocycles. The van der Waals surface area contributed by atoms with Gasteiger partial charge in [0.2, 0.25) is 5.95 Å². The second-order valence-electron chi connectivity index (χ2n) is 16.6. The van der Waals surface area contributed by atoms with Gasteiger partial charge < -0.3 is 8.97 Å². The molecule has 4 aromatic heterocycles. The minimum atomic E-state index is -0.855. The van der Waals surface area contributed by atoms with Crippen molar-refractivity contribution in [3.63, 3.8) is 0 Å². The Hall–Kier alpha value is -6.69. The van der Waals surface area contributed by atoms with Gasteiger partial charge in [0.25, 0.3) is 0 Å². The van der Waals surface area contributed by atoms with Gasteiger partial charge in [-0.05, 0) is 63.9 Å². The molecular formula is C54H43N7Pt. The molecule has 11 rings (SSSR count). The Morgan fingerprint density at radius 1 is 0.532 bits per heavy atom. The summed E-state index contributed by atoms with van der Waals surface area (Å²) in [6, 6.07) is 62.4. The average Bonchev–Trinajstić information content (AvgIpc) is 4.02. The van der Waals surface area contributed by atoms with Crippen molar-refractivity contribution in [2.45, 2.75) is 51.9 Å². The molecule has 4 heterocycles. The summed E-state index contributed by atoms with van der Waals surface area (Å²) < 4.78 is 6.59. The quantitative estimate of drug-likeness (QED) is 0.0864. The van der Waals surface area contributed by atoms with E-state index >= 15 is 0 Å². The Labute approximate surface area is 375 Å². The van der Waals surface area contributed by atoms with Crippen LogP contribution in [0.15, 0.2) is 158 Å². The first-order valence-electron chi connectivity index (χ1n) is 21.1. The minimum absolute atomic E-state index is 0. The maximum Gasteiger partial charge on any atom is 2.00 e. The molecule has 0 spiro atoms. The molecule has 0 N–H and O–H groups in total. The molecule has 304 valence electrons. The molecule has 7 nitrogen and oxygen atoms in total. The summed E-state index contributed by atoms with van der Waals surface area (Å²) in [5.41, 5.74) is 10.7. The summed E-state index contributed by atoms with van der Waals surface area (Å²) in [5.74, 6) is 2.13. The number of rotatable bonds is 8. The van der Waals surface area contributed by atoms with Crippen LogP contribution >= 0.6 is 0 Å². The molecule has 0 aliphatic heterocycles. The standard InChI is InChI=1S/C54H43N7.Pt/c1-34(2)41-23-16-24-42(35(3)4)51(41)59-33-55-58-53(59)61-49-26-15-13-22-45(49)46-30-28-40(32-50(46)61)54(37-17-8-6-9-18-37,38-19-10-7-11-20-38)39-27-29-43-44-21-12-14-25-48(44)60-36(5)56-57-52(60)47(43)31-39;/h6-30,33-35H,1-5H3;/q-2;+2. The zero-order valence-electron chi connectivity index (χ0n) is 35.1. The van der Waals surface area contributed by atoms with Gasteiger partial charge in [0.15, 0.2) is 0 Å². The largest absolute Gasteiger partial charge is 2.00 e. The number of pyridine rings is 1. The van der Waals surface area contributed by atoms with E-state index < -0.39 is 5.41 Å². The fraction of sp³-hybridized carbons (Fsp3) is 0.148. The van der Waals surface area contributed by atoms with Gasteiger partial charge in [0.1, 0.15) is 12.2 Å². The van der Waals surface area contributed by atoms with Crippen LogP contribution in [0.1, 0.15) is 78.7 Å². The van der Waals surface area contributed by atoms with E-state index in [0.29, 0.717) is 5.95 Å². The second-order valence-corrected chi connectivity index (χ2v) is 16.6. The number of aromatic nitrogens is 7. The second kappa shape index (κ2) is 15.3. The van der Waals surface area contributed by atoms with Crippen molar-refractivity contribution < 1.29 is 21.1 Å². The fourth-order valence-corrected chi connectivity index (χ4v) is 9.78. The first kappa shape index (κ1) is 39.4. The number of nitrogens with zero attached hydrogens (tertiary/aromatic N) is 7. The molecule has 62 heavy (non-hydrogen) atoms. The minimum Gasteiger partial charge on any atom is -0.320 e. The van der Waals surface area contributed by atoms with Crippen LogP contribution in [0.4, 0.5) is 0 Å². The van der Waals surface area contributed by atoms with Gasteiger partial charge in [-0.2, -0.15) is 23.3 Å². The summed E-state index contributed by atoms with van der Waals surface area (Å²) in [6.45, 7) is 11.0. The fourth-order valence-electron chi connectivity index (χ4n) is 9.78. The van der Waals surface area contributed by atoms with Crippen LogP contribution in [-0.2, 0) is 26.5 Å². The Morgan fingerprint density at radius 3 is 1.74 bits per heavy atom. The molecule has 0 saturated carbocycles. The molecule has 0 radical (unpaired) electrons. The van der Waals surface area contributed by atoms with Gasteiger partial charge in [-0.15, -0.1) is 50.0 Å². The third-order valence-corrected chi connectivity index (χ3v) is 12.5. The van der Waals surface area contributed by atoms with Gasteiger partial charge in [-0.25, -0.2) is 0 Å². The van der Waals surface area contributed by atoms with Crippen LogP contribution < -0.4 is 0 Å². The van der Waals surface area contributed by atoms with Gasteiger partial charge in [0.05, 0.1) is 11.3 Å². The Morgan fingerprint density at radius 2 is 1.10 bits per heavy atom. The molecule has 0 bridgehead atoms. The zero-order valence-corrected chi connectivity index (χ0v) is 37.4. The van der Waals surface area contributed by atoms with E-state index in [0.717, 1.165) is 82.9 Å². The normalized spacial score (nSPS) is 12.1. The predicted molar refractivity (Wildman–Crippen MR) is 246 cm³/mol. The summed E-state index contributed by atoms with van der Waals surface area (Å²) in [5, 5.41) is 24.2. The maximum absolute atomic E-state index is 4.93. The van der Waals surface area contributed by atoms with Crippen LogP contribution in [-0.4, -0.2) is 33.9 Å². The third-order valence-electron chi connectivity index (χ3n) is 12.5. The van der Waals surface area contributed by atoms with Crippen LogP contribution in [0.5, 0.6) is 0 Å². The summed E-state index contributed by atoms with van der Waals surface area (Å²) in [7, 11) is 0. The van der Waals surface area contributed by atoms with Crippen molar-refractivity contribution >= 4 is 49.1 Å². The van der Waals surface area contributed by atoms with E-state index in [4.69, 9.17) is 10.2 Å². The Kier molecular flexibility index (Phi) is 9.76. The molecule has 0 amide bonds. The van der Waals surface area contributed by atoms with Crippen molar-refractivity contribution in [3.05, 3.63) is 209 Å². The number of benzene rings is 7. The molecule has 0 aliphatic rings. The van der Waals surface area contributed by atoms with Crippen LogP contribution in [0, 0.1) is 19.1 Å². The molecule has 8 heteroatoms. The van der Waals surface area contributed by atoms with Crippen molar-refractivity contribution in [1.82, 2.24) is 33.9 Å². The first-order valence-corrected chi connectivity index (χ1v) is 21.1. The molecule has 0 atom stereocenters. The number of para-hydroxylation sites is 3. The number of aryl methyl sites for hydroxylation is 1. The number of hydrogen-bond acceptors (Lipinski definition) is 4. The van der Waals surface area contributed by atoms with Gasteiger partial charge in [0, 0.05) is 16.4 Å². The molecule has 0 aliphatic carbocycles. The predicted octanol–water partition coefficient (Wildman–Crippen LogP) is 12.2. The van der Waals surface area contributed by atoms with E-state index in [9.17, 15) is 0 Å². The molecule has 0 unspecified atom stereocenters. The monoisotopic (exact) mass is 984 g/mol. The topological polar surface area (TPSA) is 65.8 Å². The van der Waals surface area contributed by atoms with Gasteiger partial charge in [-0.1, -0.05) is 159 Å². The Balaban J connectivity index is 0.00000458. The summed E-state index contributed by atoms with van der Waals surface area (Å²) in [6.07, 6.45) is 1.87. The van der Waals surface area contributed by atoms with E-state index in [1.807, 2.05) is 13.3 Å². The van der Waals surface area contributed by atoms with Crippen LogP contribution in [0.2, 0.25) is 0 Å². The number of hydrogen-bond donors (Lipinski definition) is 0. The molecular weight excluding hydrogens is 942 g/mol. The van der Waals surface area contributed by atoms with Crippen molar-refractivity contribution in [1.29, 1.82) is 0 Å². The van der Waals surface area contributed by atoms with Crippen molar-refractivity contribution in [3.8, 4) is 11.6 Å². The van der Waals surface area contributed by atoms with Crippen molar-refractivity contribution in [2.24, 2.45) is 0 Å². The van der Waals surface area contributed by atoms with Gasteiger partial charge in [-0.3, -0.25) is 4.57 Å². The zero-order chi connectivity index (χ0) is 41.4. The maximum atomic E-state index is 4.93. The molecule has 11 aromatic rings. The third kappa shape index (κ3) is 5.82. The van der Waals surface area contributed by atoms with E-state index in [1.165, 1.54) is 11.1 Å².